The molecule has 4 aromatic rings. The molecule has 0 N–H and O–H groups in total. The van der Waals surface area contributed by atoms with E-state index in [0.717, 1.165) is 18.5 Å². The van der Waals surface area contributed by atoms with Gasteiger partial charge in [-0.05, 0) is 36.9 Å². The lowest BCUT2D eigenvalue weighted by molar-refractivity contribution is 0.374. The Labute approximate surface area is 164 Å². The number of thiophene rings is 1. The van der Waals surface area contributed by atoms with Gasteiger partial charge in [0.05, 0.1) is 16.5 Å². The minimum absolute atomic E-state index is 0.0619. The summed E-state index contributed by atoms with van der Waals surface area (Å²) in [6, 6.07) is 11.4. The van der Waals surface area contributed by atoms with Crippen LogP contribution in [0, 0.1) is 0 Å². The average molecular weight is 399 g/mol. The van der Waals surface area contributed by atoms with Gasteiger partial charge in [-0.15, -0.1) is 11.3 Å². The summed E-state index contributed by atoms with van der Waals surface area (Å²) in [5, 5.41) is 6.40. The van der Waals surface area contributed by atoms with Gasteiger partial charge in [-0.25, -0.2) is 4.98 Å². The van der Waals surface area contributed by atoms with Crippen molar-refractivity contribution in [1.29, 1.82) is 0 Å². The molecule has 27 heavy (non-hydrogen) atoms. The number of aryl methyl sites for hydroxylation is 1. The van der Waals surface area contributed by atoms with Crippen LogP contribution in [-0.4, -0.2) is 19.7 Å². The van der Waals surface area contributed by atoms with Crippen molar-refractivity contribution in [1.82, 2.24) is 19.7 Å². The van der Waals surface area contributed by atoms with E-state index in [1.807, 2.05) is 48.7 Å². The molecule has 0 amide bonds. The molecule has 0 unspecified atom stereocenters. The lowest BCUT2D eigenvalue weighted by Crippen LogP contribution is -2.21. The number of fused-ring (bicyclic) bond motifs is 1. The van der Waals surface area contributed by atoms with Crippen LogP contribution < -0.4 is 5.56 Å². The van der Waals surface area contributed by atoms with Gasteiger partial charge in [0.25, 0.3) is 5.56 Å². The molecule has 8 heteroatoms. The maximum absolute atomic E-state index is 13.1. The van der Waals surface area contributed by atoms with Crippen molar-refractivity contribution >= 4 is 33.3 Å². The molecule has 3 heterocycles. The van der Waals surface area contributed by atoms with Gasteiger partial charge in [-0.3, -0.25) is 9.36 Å². The van der Waals surface area contributed by atoms with Crippen LogP contribution in [0.5, 0.6) is 0 Å². The molecular weight excluding hydrogens is 380 g/mol. The zero-order valence-corrected chi connectivity index (χ0v) is 16.6. The van der Waals surface area contributed by atoms with Crippen molar-refractivity contribution in [3.63, 3.8) is 0 Å². The Kier molecular flexibility index (Phi) is 5.09. The molecule has 0 saturated carbocycles. The highest BCUT2D eigenvalue weighted by atomic mass is 32.2. The van der Waals surface area contributed by atoms with Gasteiger partial charge in [-0.1, -0.05) is 42.0 Å². The summed E-state index contributed by atoms with van der Waals surface area (Å²) >= 11 is 2.85. The molecular formula is C19H18N4O2S2. The first-order valence-corrected chi connectivity index (χ1v) is 10.5. The summed E-state index contributed by atoms with van der Waals surface area (Å²) < 4.78 is 7.71. The van der Waals surface area contributed by atoms with Crippen LogP contribution in [0.4, 0.5) is 0 Å². The van der Waals surface area contributed by atoms with E-state index in [0.29, 0.717) is 27.1 Å². The third-order valence-corrected chi connectivity index (χ3v) is 5.98. The van der Waals surface area contributed by atoms with Crippen LogP contribution in [-0.2, 0) is 6.42 Å². The molecule has 6 nitrogen and oxygen atoms in total. The summed E-state index contributed by atoms with van der Waals surface area (Å²) in [6.45, 7) is 4.06. The Morgan fingerprint density at radius 3 is 2.81 bits per heavy atom. The molecule has 1 aromatic carbocycles. The number of para-hydroxylation sites is 1. The monoisotopic (exact) mass is 398 g/mol. The van der Waals surface area contributed by atoms with Gasteiger partial charge in [0, 0.05) is 6.42 Å². The first-order valence-electron chi connectivity index (χ1n) is 8.72. The Balaban J connectivity index is 1.77. The van der Waals surface area contributed by atoms with E-state index in [2.05, 4.69) is 17.1 Å². The molecule has 4 rings (SSSR count). The van der Waals surface area contributed by atoms with Crippen molar-refractivity contribution in [2.45, 2.75) is 37.1 Å². The van der Waals surface area contributed by atoms with Crippen LogP contribution in [0.15, 0.2) is 56.3 Å². The Bertz CT molecular complexity index is 1120. The van der Waals surface area contributed by atoms with Gasteiger partial charge < -0.3 is 4.52 Å². The average Bonchev–Trinajstić information content (AvgIpc) is 3.32. The van der Waals surface area contributed by atoms with Crippen LogP contribution >= 0.6 is 23.1 Å². The molecule has 0 bridgehead atoms. The first-order chi connectivity index (χ1) is 13.2. The van der Waals surface area contributed by atoms with E-state index in [4.69, 9.17) is 9.51 Å². The van der Waals surface area contributed by atoms with Crippen LogP contribution in [0.25, 0.3) is 15.9 Å². The standard InChI is InChI=1S/C19H18N4O2S2/c1-3-7-15-21-17(25-22-15)12(2)27-19-20-14-10-11-26-16(14)18(24)23(19)13-8-5-4-6-9-13/h4-6,8-12H,3,7H2,1-2H3/t12-/m0/s1. The minimum Gasteiger partial charge on any atom is -0.338 e. The fraction of sp³-hybridized carbons (Fsp3) is 0.263. The largest absolute Gasteiger partial charge is 0.338 e. The molecule has 0 radical (unpaired) electrons. The molecule has 0 aliphatic carbocycles. The van der Waals surface area contributed by atoms with Gasteiger partial charge in [0.2, 0.25) is 5.89 Å². The first kappa shape index (κ1) is 17.9. The fourth-order valence-electron chi connectivity index (χ4n) is 2.74. The predicted molar refractivity (Wildman–Crippen MR) is 108 cm³/mol. The van der Waals surface area contributed by atoms with E-state index in [1.54, 1.807) is 4.57 Å². The lowest BCUT2D eigenvalue weighted by atomic mass is 10.3. The second-order valence-corrected chi connectivity index (χ2v) is 8.29. The van der Waals surface area contributed by atoms with Crippen molar-refractivity contribution < 1.29 is 4.52 Å². The second-order valence-electron chi connectivity index (χ2n) is 6.06. The molecule has 3 aromatic heterocycles. The van der Waals surface area contributed by atoms with Crippen LogP contribution in [0.3, 0.4) is 0 Å². The topological polar surface area (TPSA) is 73.8 Å². The van der Waals surface area contributed by atoms with Crippen molar-refractivity contribution in [2.24, 2.45) is 0 Å². The summed E-state index contributed by atoms with van der Waals surface area (Å²) in [6.07, 6.45) is 1.75. The Morgan fingerprint density at radius 1 is 1.22 bits per heavy atom. The highest BCUT2D eigenvalue weighted by Crippen LogP contribution is 2.34. The van der Waals surface area contributed by atoms with E-state index in [1.165, 1.54) is 23.1 Å². The maximum atomic E-state index is 13.1. The Morgan fingerprint density at radius 2 is 2.04 bits per heavy atom. The number of aromatic nitrogens is 4. The summed E-state index contributed by atoms with van der Waals surface area (Å²) in [7, 11) is 0. The number of nitrogens with zero attached hydrogens (tertiary/aromatic N) is 4. The lowest BCUT2D eigenvalue weighted by Gasteiger charge is -2.13. The molecule has 0 fully saturated rings. The molecule has 138 valence electrons. The number of hydrogen-bond acceptors (Lipinski definition) is 7. The Hall–Kier alpha value is -2.45. The third-order valence-electron chi connectivity index (χ3n) is 4.05. The van der Waals surface area contributed by atoms with Crippen molar-refractivity contribution in [3.05, 3.63) is 63.8 Å². The van der Waals surface area contributed by atoms with Crippen LogP contribution in [0.1, 0.15) is 37.2 Å². The van der Waals surface area contributed by atoms with Gasteiger partial charge in [-0.2, -0.15) is 4.98 Å². The normalized spacial score (nSPS) is 12.5. The second kappa shape index (κ2) is 7.66. The molecule has 0 spiro atoms. The summed E-state index contributed by atoms with van der Waals surface area (Å²) in [4.78, 5) is 22.3. The smallest absolute Gasteiger partial charge is 0.276 e. The molecule has 0 aliphatic heterocycles. The van der Waals surface area contributed by atoms with Crippen molar-refractivity contribution in [2.75, 3.05) is 0 Å². The number of thioether (sulfide) groups is 1. The van der Waals surface area contributed by atoms with E-state index in [-0.39, 0.29) is 10.8 Å². The van der Waals surface area contributed by atoms with Gasteiger partial charge >= 0.3 is 0 Å². The van der Waals surface area contributed by atoms with Crippen molar-refractivity contribution in [3.8, 4) is 5.69 Å². The fourth-order valence-corrected chi connectivity index (χ4v) is 4.46. The van der Waals surface area contributed by atoms with Gasteiger partial charge in [0.1, 0.15) is 4.70 Å². The highest BCUT2D eigenvalue weighted by molar-refractivity contribution is 7.99. The minimum atomic E-state index is -0.124. The summed E-state index contributed by atoms with van der Waals surface area (Å²) in [5.74, 6) is 1.25. The van der Waals surface area contributed by atoms with Gasteiger partial charge in [0.15, 0.2) is 11.0 Å². The highest BCUT2D eigenvalue weighted by Gasteiger charge is 2.21. The van der Waals surface area contributed by atoms with E-state index < -0.39 is 0 Å². The number of benzene rings is 1. The maximum Gasteiger partial charge on any atom is 0.276 e. The zero-order chi connectivity index (χ0) is 18.8. The quantitative estimate of drug-likeness (QED) is 0.348. The SMILES string of the molecule is CCCc1noc([C@H](C)Sc2nc3ccsc3c(=O)n2-c2ccccc2)n1. The molecule has 0 aliphatic rings. The molecule has 1 atom stereocenters. The predicted octanol–water partition coefficient (Wildman–Crippen LogP) is 4.64. The van der Waals surface area contributed by atoms with Crippen LogP contribution in [0.2, 0.25) is 0 Å². The number of rotatable bonds is 6. The van der Waals surface area contributed by atoms with E-state index >= 15 is 0 Å². The number of hydrogen-bond donors (Lipinski definition) is 0. The summed E-state index contributed by atoms with van der Waals surface area (Å²) in [5.41, 5.74) is 1.44. The third kappa shape index (κ3) is 3.54. The molecule has 0 saturated heterocycles. The zero-order valence-electron chi connectivity index (χ0n) is 15.0. The van der Waals surface area contributed by atoms with E-state index in [9.17, 15) is 4.79 Å².